The third-order valence-electron chi connectivity index (χ3n) is 3.03. The molecule has 108 valence electrons. The van der Waals surface area contributed by atoms with Crippen LogP contribution in [0.25, 0.3) is 0 Å². The number of nitrogens with zero attached hydrogens (tertiary/aromatic N) is 1. The van der Waals surface area contributed by atoms with Crippen molar-refractivity contribution in [3.63, 3.8) is 0 Å². The third-order valence-corrected chi connectivity index (χ3v) is 4.54. The monoisotopic (exact) mass is 328 g/mol. The number of halogens is 2. The van der Waals surface area contributed by atoms with Gasteiger partial charge in [0.25, 0.3) is 0 Å². The summed E-state index contributed by atoms with van der Waals surface area (Å²) >= 11 is 13.6. The van der Waals surface area contributed by atoms with Crippen molar-refractivity contribution < 1.29 is 0 Å². The van der Waals surface area contributed by atoms with Crippen molar-refractivity contribution in [1.82, 2.24) is 4.90 Å². The first-order chi connectivity index (χ1) is 9.47. The van der Waals surface area contributed by atoms with E-state index < -0.39 is 0 Å². The summed E-state index contributed by atoms with van der Waals surface area (Å²) in [6.07, 6.45) is 0. The maximum atomic E-state index is 6.22. The lowest BCUT2D eigenvalue weighted by molar-refractivity contribution is 0.403. The van der Waals surface area contributed by atoms with Crippen molar-refractivity contribution in [2.75, 3.05) is 19.4 Å². The lowest BCUT2D eigenvalue weighted by atomic mass is 10.1. The van der Waals surface area contributed by atoms with Gasteiger partial charge in [-0.25, -0.2) is 0 Å². The smallest absolute Gasteiger partial charge is 0.0996 e. The summed E-state index contributed by atoms with van der Waals surface area (Å²) in [6.45, 7) is 2.99. The fourth-order valence-electron chi connectivity index (χ4n) is 2.10. The highest BCUT2D eigenvalue weighted by Gasteiger charge is 2.14. The second-order valence-corrected chi connectivity index (χ2v) is 7.33. The molecule has 1 N–H and O–H groups in total. The summed E-state index contributed by atoms with van der Waals surface area (Å²) < 4.78 is 1.47. The molecule has 0 fully saturated rings. The van der Waals surface area contributed by atoms with Crippen molar-refractivity contribution in [2.24, 2.45) is 0 Å². The maximum absolute atomic E-state index is 6.22. The van der Waals surface area contributed by atoms with Gasteiger partial charge in [0.2, 0.25) is 0 Å². The fourth-order valence-corrected chi connectivity index (χ4v) is 3.74. The SMILES string of the molecule is CC(Nc1ccccc1CN(C)C)c1cc(Cl)sc1Cl. The first-order valence-corrected chi connectivity index (χ1v) is 7.98. The number of anilines is 1. The van der Waals surface area contributed by atoms with E-state index in [-0.39, 0.29) is 6.04 Å². The van der Waals surface area contributed by atoms with Crippen LogP contribution in [0.3, 0.4) is 0 Å². The van der Waals surface area contributed by atoms with Gasteiger partial charge in [-0.05, 0) is 38.7 Å². The van der Waals surface area contributed by atoms with Crippen LogP contribution in [0.5, 0.6) is 0 Å². The van der Waals surface area contributed by atoms with Crippen LogP contribution in [0.15, 0.2) is 30.3 Å². The van der Waals surface area contributed by atoms with E-state index >= 15 is 0 Å². The molecule has 1 heterocycles. The van der Waals surface area contributed by atoms with E-state index in [1.165, 1.54) is 16.9 Å². The van der Waals surface area contributed by atoms with Gasteiger partial charge in [0.15, 0.2) is 0 Å². The topological polar surface area (TPSA) is 15.3 Å². The summed E-state index contributed by atoms with van der Waals surface area (Å²) in [5.74, 6) is 0. The fraction of sp³-hybridized carbons (Fsp3) is 0.333. The Bertz CT molecular complexity index is 581. The van der Waals surface area contributed by atoms with E-state index in [9.17, 15) is 0 Å². The molecule has 2 nitrogen and oxygen atoms in total. The Morgan fingerprint density at radius 1 is 1.25 bits per heavy atom. The van der Waals surface area contributed by atoms with Gasteiger partial charge in [0.05, 0.1) is 14.7 Å². The molecule has 1 aromatic carbocycles. The Morgan fingerprint density at radius 2 is 1.95 bits per heavy atom. The van der Waals surface area contributed by atoms with Crippen LogP contribution < -0.4 is 5.32 Å². The predicted molar refractivity (Wildman–Crippen MR) is 90.2 cm³/mol. The van der Waals surface area contributed by atoms with E-state index in [1.807, 2.05) is 12.1 Å². The summed E-state index contributed by atoms with van der Waals surface area (Å²) in [7, 11) is 4.13. The van der Waals surface area contributed by atoms with Gasteiger partial charge in [0.1, 0.15) is 0 Å². The number of hydrogen-bond donors (Lipinski definition) is 1. The Balaban J connectivity index is 2.19. The first-order valence-electron chi connectivity index (χ1n) is 6.41. The number of benzene rings is 1. The minimum atomic E-state index is 0.120. The average molecular weight is 329 g/mol. The maximum Gasteiger partial charge on any atom is 0.0996 e. The highest BCUT2D eigenvalue weighted by Crippen LogP contribution is 2.36. The zero-order valence-corrected chi connectivity index (χ0v) is 14.1. The first kappa shape index (κ1) is 15.6. The van der Waals surface area contributed by atoms with E-state index in [1.54, 1.807) is 0 Å². The molecule has 0 spiro atoms. The summed E-state index contributed by atoms with van der Waals surface area (Å²) in [5.41, 5.74) is 3.44. The van der Waals surface area contributed by atoms with E-state index in [4.69, 9.17) is 23.2 Å². The van der Waals surface area contributed by atoms with Crippen LogP contribution in [0.2, 0.25) is 8.67 Å². The summed E-state index contributed by atoms with van der Waals surface area (Å²) in [4.78, 5) is 2.15. The normalized spacial score (nSPS) is 12.7. The molecule has 2 aromatic rings. The molecule has 0 aliphatic rings. The number of rotatable bonds is 5. The average Bonchev–Trinajstić information content (AvgIpc) is 2.70. The molecular formula is C15H18Cl2N2S. The molecule has 1 unspecified atom stereocenters. The van der Waals surface area contributed by atoms with E-state index in [0.29, 0.717) is 0 Å². The van der Waals surface area contributed by atoms with Gasteiger partial charge in [-0.15, -0.1) is 11.3 Å². The van der Waals surface area contributed by atoms with Crippen LogP contribution in [0, 0.1) is 0 Å². The molecule has 0 amide bonds. The molecular weight excluding hydrogens is 311 g/mol. The zero-order chi connectivity index (χ0) is 14.7. The molecule has 0 aliphatic heterocycles. The second kappa shape index (κ2) is 6.81. The number of hydrogen-bond acceptors (Lipinski definition) is 3. The van der Waals surface area contributed by atoms with Gasteiger partial charge in [0, 0.05) is 17.8 Å². The quantitative estimate of drug-likeness (QED) is 0.802. The van der Waals surface area contributed by atoms with Crippen molar-refractivity contribution >= 4 is 40.2 Å². The molecule has 0 aliphatic carbocycles. The minimum absolute atomic E-state index is 0.120. The Hall–Kier alpha value is -0.740. The van der Waals surface area contributed by atoms with Gasteiger partial charge < -0.3 is 10.2 Å². The predicted octanol–water partition coefficient (Wildman–Crippen LogP) is 5.29. The van der Waals surface area contributed by atoms with Crippen molar-refractivity contribution in [2.45, 2.75) is 19.5 Å². The summed E-state index contributed by atoms with van der Waals surface area (Å²) in [5, 5.41) is 3.52. The molecule has 5 heteroatoms. The number of thiophene rings is 1. The van der Waals surface area contributed by atoms with Gasteiger partial charge in [-0.2, -0.15) is 0 Å². The lowest BCUT2D eigenvalue weighted by Crippen LogP contribution is -2.14. The Morgan fingerprint density at radius 3 is 2.55 bits per heavy atom. The van der Waals surface area contributed by atoms with Crippen LogP contribution in [-0.4, -0.2) is 19.0 Å². The zero-order valence-electron chi connectivity index (χ0n) is 11.8. The molecule has 0 bridgehead atoms. The molecule has 0 radical (unpaired) electrons. The minimum Gasteiger partial charge on any atom is -0.378 e. The Kier molecular flexibility index (Phi) is 5.33. The third kappa shape index (κ3) is 3.89. The van der Waals surface area contributed by atoms with Gasteiger partial charge in [-0.1, -0.05) is 41.4 Å². The van der Waals surface area contributed by atoms with E-state index in [0.717, 1.165) is 26.5 Å². The van der Waals surface area contributed by atoms with Gasteiger partial charge >= 0.3 is 0 Å². The van der Waals surface area contributed by atoms with Crippen molar-refractivity contribution in [3.05, 3.63) is 50.1 Å². The molecule has 20 heavy (non-hydrogen) atoms. The van der Waals surface area contributed by atoms with Crippen LogP contribution >= 0.6 is 34.5 Å². The molecule has 1 aromatic heterocycles. The van der Waals surface area contributed by atoms with Crippen LogP contribution in [0.1, 0.15) is 24.1 Å². The molecule has 0 saturated heterocycles. The largest absolute Gasteiger partial charge is 0.378 e. The van der Waals surface area contributed by atoms with Crippen molar-refractivity contribution in [3.8, 4) is 0 Å². The van der Waals surface area contributed by atoms with E-state index in [2.05, 4.69) is 49.4 Å². The summed E-state index contributed by atoms with van der Waals surface area (Å²) in [6, 6.07) is 10.4. The standard InChI is InChI=1S/C15H18Cl2N2S/c1-10(12-8-14(16)20-15(12)17)18-13-7-5-4-6-11(13)9-19(2)3/h4-8,10,18H,9H2,1-3H3. The van der Waals surface area contributed by atoms with Crippen LogP contribution in [-0.2, 0) is 6.54 Å². The molecule has 0 saturated carbocycles. The highest BCUT2D eigenvalue weighted by atomic mass is 35.5. The molecule has 2 rings (SSSR count). The van der Waals surface area contributed by atoms with Crippen LogP contribution in [0.4, 0.5) is 5.69 Å². The highest BCUT2D eigenvalue weighted by molar-refractivity contribution is 7.20. The molecule has 1 atom stereocenters. The second-order valence-electron chi connectivity index (χ2n) is 5.04. The lowest BCUT2D eigenvalue weighted by Gasteiger charge is -2.19. The van der Waals surface area contributed by atoms with Gasteiger partial charge in [-0.3, -0.25) is 0 Å². The van der Waals surface area contributed by atoms with Crippen molar-refractivity contribution in [1.29, 1.82) is 0 Å². The number of para-hydroxylation sites is 1. The number of nitrogens with one attached hydrogen (secondary N) is 1. The Labute approximate surface area is 134 Å².